The molecule has 5 nitrogen and oxygen atoms in total. The zero-order valence-corrected chi connectivity index (χ0v) is 10.0. The van der Waals surface area contributed by atoms with Crippen molar-refractivity contribution in [3.63, 3.8) is 0 Å². The summed E-state index contributed by atoms with van der Waals surface area (Å²) in [6.45, 7) is 3.02. The van der Waals surface area contributed by atoms with E-state index in [1.54, 1.807) is 5.32 Å². The minimum Gasteiger partial charge on any atom is -0.457 e. The van der Waals surface area contributed by atoms with Crippen LogP contribution in [0.5, 0.6) is 0 Å². The zero-order valence-electron chi connectivity index (χ0n) is 10.0. The van der Waals surface area contributed by atoms with Crippen LogP contribution in [0.3, 0.4) is 0 Å². The van der Waals surface area contributed by atoms with E-state index in [1.165, 1.54) is 6.92 Å². The van der Waals surface area contributed by atoms with E-state index in [0.29, 0.717) is 6.61 Å². The van der Waals surface area contributed by atoms with Crippen LogP contribution >= 0.6 is 0 Å². The summed E-state index contributed by atoms with van der Waals surface area (Å²) >= 11 is 0. The molecule has 1 heterocycles. The van der Waals surface area contributed by atoms with E-state index in [2.05, 4.69) is 4.74 Å². The lowest BCUT2D eigenvalue weighted by atomic mass is 9.98. The standard InChI is InChI=1S/C10H12F4NO4/c1-4-7(15-9(17)10(12,13)14)8(19-5(2)16)6(11)3-18-4/h3-4,6-8H,1-2H3,(H,15,17)/t4-,6+,7+,8-/m1/s1. The maximum absolute atomic E-state index is 13.5. The van der Waals surface area contributed by atoms with Gasteiger partial charge in [0.25, 0.3) is 0 Å². The number of halogens is 4. The lowest BCUT2D eigenvalue weighted by molar-refractivity contribution is -0.181. The van der Waals surface area contributed by atoms with Crippen LogP contribution in [-0.2, 0) is 19.1 Å². The summed E-state index contributed by atoms with van der Waals surface area (Å²) in [7, 11) is 0. The molecule has 9 heteroatoms. The number of esters is 1. The van der Waals surface area contributed by atoms with Crippen LogP contribution in [0.4, 0.5) is 17.6 Å². The molecule has 0 bridgehead atoms. The Bertz CT molecular complexity index is 360. The Morgan fingerprint density at radius 1 is 1.37 bits per heavy atom. The lowest BCUT2D eigenvalue weighted by Gasteiger charge is -2.37. The van der Waals surface area contributed by atoms with E-state index in [0.717, 1.165) is 6.92 Å². The fourth-order valence-electron chi connectivity index (χ4n) is 1.59. The first kappa shape index (κ1) is 15.7. The van der Waals surface area contributed by atoms with Crippen molar-refractivity contribution in [1.29, 1.82) is 0 Å². The van der Waals surface area contributed by atoms with Crippen molar-refractivity contribution in [2.45, 2.75) is 44.4 Å². The largest absolute Gasteiger partial charge is 0.471 e. The summed E-state index contributed by atoms with van der Waals surface area (Å²) in [6.07, 6.45) is -9.58. The highest BCUT2D eigenvalue weighted by Crippen LogP contribution is 2.25. The molecule has 1 amide bonds. The molecule has 0 saturated carbocycles. The number of amides is 1. The molecule has 0 aliphatic carbocycles. The van der Waals surface area contributed by atoms with Crippen molar-refractivity contribution in [2.24, 2.45) is 0 Å². The third kappa shape index (κ3) is 4.05. The van der Waals surface area contributed by atoms with E-state index >= 15 is 0 Å². The summed E-state index contributed by atoms with van der Waals surface area (Å²) < 4.78 is 59.3. The van der Waals surface area contributed by atoms with Crippen LogP contribution < -0.4 is 5.32 Å². The molecule has 1 saturated heterocycles. The highest BCUT2D eigenvalue weighted by Gasteiger charge is 2.47. The minimum atomic E-state index is -5.12. The number of hydrogen-bond donors (Lipinski definition) is 1. The Morgan fingerprint density at radius 3 is 2.42 bits per heavy atom. The number of carbonyl (C=O) groups excluding carboxylic acids is 2. The smallest absolute Gasteiger partial charge is 0.457 e. The molecule has 1 aliphatic heterocycles. The van der Waals surface area contributed by atoms with Crippen LogP contribution in [0.1, 0.15) is 13.8 Å². The van der Waals surface area contributed by atoms with Gasteiger partial charge in [0.1, 0.15) is 6.61 Å². The zero-order chi connectivity index (χ0) is 14.8. The van der Waals surface area contributed by atoms with Crippen molar-refractivity contribution in [3.05, 3.63) is 6.61 Å². The van der Waals surface area contributed by atoms with Gasteiger partial charge in [0.2, 0.25) is 0 Å². The second-order valence-corrected chi connectivity index (χ2v) is 3.99. The third-order valence-corrected chi connectivity index (χ3v) is 2.45. The van der Waals surface area contributed by atoms with Crippen molar-refractivity contribution < 1.29 is 36.6 Å². The first-order valence-electron chi connectivity index (χ1n) is 5.30. The Hall–Kier alpha value is -1.38. The first-order chi connectivity index (χ1) is 8.62. The molecule has 1 rings (SSSR count). The van der Waals surface area contributed by atoms with Gasteiger partial charge in [-0.3, -0.25) is 9.59 Å². The first-order valence-corrected chi connectivity index (χ1v) is 5.30. The van der Waals surface area contributed by atoms with Gasteiger partial charge in [-0.05, 0) is 6.92 Å². The summed E-state index contributed by atoms with van der Waals surface area (Å²) in [5.74, 6) is -3.12. The van der Waals surface area contributed by atoms with Crippen LogP contribution in [0.2, 0.25) is 0 Å². The molecule has 1 N–H and O–H groups in total. The molecule has 0 spiro atoms. The Morgan fingerprint density at radius 2 is 1.95 bits per heavy atom. The van der Waals surface area contributed by atoms with Gasteiger partial charge in [0.05, 0.1) is 12.1 Å². The number of hydrogen-bond acceptors (Lipinski definition) is 4. The van der Waals surface area contributed by atoms with Crippen molar-refractivity contribution in [3.8, 4) is 0 Å². The molecule has 1 aliphatic rings. The summed E-state index contributed by atoms with van der Waals surface area (Å²) in [6, 6.07) is -1.43. The average Bonchev–Trinajstić information content (AvgIpc) is 2.26. The highest BCUT2D eigenvalue weighted by atomic mass is 19.4. The molecule has 1 radical (unpaired) electrons. The van der Waals surface area contributed by atoms with Crippen molar-refractivity contribution >= 4 is 11.9 Å². The molecule has 0 aromatic rings. The fourth-order valence-corrected chi connectivity index (χ4v) is 1.59. The van der Waals surface area contributed by atoms with Gasteiger partial charge in [-0.25, -0.2) is 4.39 Å². The van der Waals surface area contributed by atoms with Crippen LogP contribution in [-0.4, -0.2) is 42.5 Å². The SMILES string of the molecule is CC(=O)O[C@H]1[C@@H](NC(=O)C(F)(F)F)[C@@H](C)O[CH][C@@H]1F. The van der Waals surface area contributed by atoms with E-state index in [4.69, 9.17) is 4.74 Å². The minimum absolute atomic E-state index is 0.717. The third-order valence-electron chi connectivity index (χ3n) is 2.45. The van der Waals surface area contributed by atoms with Gasteiger partial charge in [-0.2, -0.15) is 13.2 Å². The predicted octanol–water partition coefficient (Wildman–Crippen LogP) is 0.884. The molecule has 109 valence electrons. The van der Waals surface area contributed by atoms with Gasteiger partial charge in [-0.1, -0.05) is 0 Å². The topological polar surface area (TPSA) is 64.6 Å². The van der Waals surface area contributed by atoms with E-state index < -0.39 is 42.5 Å². The van der Waals surface area contributed by atoms with Crippen LogP contribution in [0.15, 0.2) is 0 Å². The predicted molar refractivity (Wildman–Crippen MR) is 53.3 cm³/mol. The van der Waals surface area contributed by atoms with Gasteiger partial charge in [0.15, 0.2) is 12.3 Å². The van der Waals surface area contributed by atoms with Gasteiger partial charge in [-0.15, -0.1) is 0 Å². The Kier molecular flexibility index (Phi) is 4.72. The Labute approximate surface area is 106 Å². The quantitative estimate of drug-likeness (QED) is 0.604. The highest BCUT2D eigenvalue weighted by molar-refractivity contribution is 5.82. The Balaban J connectivity index is 2.84. The molecule has 19 heavy (non-hydrogen) atoms. The van der Waals surface area contributed by atoms with Crippen LogP contribution in [0.25, 0.3) is 0 Å². The number of rotatable bonds is 2. The molecule has 0 unspecified atom stereocenters. The normalized spacial score (nSPS) is 31.7. The van der Waals surface area contributed by atoms with Crippen molar-refractivity contribution in [2.75, 3.05) is 0 Å². The summed E-state index contributed by atoms with van der Waals surface area (Å²) in [5, 5.41) is 1.57. The molecular weight excluding hydrogens is 274 g/mol. The van der Waals surface area contributed by atoms with Gasteiger partial charge < -0.3 is 14.8 Å². The average molecular weight is 286 g/mol. The monoisotopic (exact) mass is 286 g/mol. The maximum atomic E-state index is 13.5. The molecule has 1 fully saturated rings. The second-order valence-electron chi connectivity index (χ2n) is 3.99. The maximum Gasteiger partial charge on any atom is 0.471 e. The summed E-state index contributed by atoms with van der Waals surface area (Å²) in [4.78, 5) is 21.7. The summed E-state index contributed by atoms with van der Waals surface area (Å²) in [5.41, 5.74) is 0. The fraction of sp³-hybridized carbons (Fsp3) is 0.700. The van der Waals surface area contributed by atoms with Crippen molar-refractivity contribution in [1.82, 2.24) is 5.32 Å². The number of alkyl halides is 4. The number of nitrogens with one attached hydrogen (secondary N) is 1. The van der Waals surface area contributed by atoms with Gasteiger partial charge >= 0.3 is 18.1 Å². The van der Waals surface area contributed by atoms with E-state index in [-0.39, 0.29) is 0 Å². The molecular formula is C10H12F4NO4. The number of carbonyl (C=O) groups is 2. The van der Waals surface area contributed by atoms with Crippen LogP contribution in [0, 0.1) is 6.61 Å². The molecule has 4 atom stereocenters. The number of ether oxygens (including phenoxy) is 2. The van der Waals surface area contributed by atoms with E-state index in [9.17, 15) is 27.2 Å². The molecule has 0 aromatic carbocycles. The lowest BCUT2D eigenvalue weighted by Crippen LogP contribution is -2.60. The second kappa shape index (κ2) is 5.72. The van der Waals surface area contributed by atoms with Gasteiger partial charge in [0, 0.05) is 6.92 Å². The van der Waals surface area contributed by atoms with E-state index in [1.807, 2.05) is 0 Å². The molecule has 0 aromatic heterocycles.